The van der Waals surface area contributed by atoms with Gasteiger partial charge in [0.05, 0.1) is 16.9 Å². The van der Waals surface area contributed by atoms with Gasteiger partial charge in [-0.15, -0.1) is 22.0 Å². The first-order chi connectivity index (χ1) is 9.85. The van der Waals surface area contributed by atoms with Gasteiger partial charge in [0.25, 0.3) is 0 Å². The Hall–Kier alpha value is -2.32. The summed E-state index contributed by atoms with van der Waals surface area (Å²) < 4.78 is 1.98. The van der Waals surface area contributed by atoms with E-state index >= 15 is 0 Å². The Kier molecular flexibility index (Phi) is 2.51. The molecule has 0 N–H and O–H groups in total. The zero-order valence-electron chi connectivity index (χ0n) is 10.5. The number of nitrogens with zero attached hydrogens (tertiary/aromatic N) is 4. The molecule has 3 heterocycles. The molecule has 4 rings (SSSR count). The van der Waals surface area contributed by atoms with Crippen LogP contribution >= 0.6 is 11.8 Å². The number of pyridine rings is 1. The summed E-state index contributed by atoms with van der Waals surface area (Å²) in [6.07, 6.45) is 2.86. The zero-order valence-corrected chi connectivity index (χ0v) is 11.3. The molecule has 1 aliphatic heterocycles. The van der Waals surface area contributed by atoms with Crippen LogP contribution in [-0.4, -0.2) is 14.6 Å². The third kappa shape index (κ3) is 1.69. The molecule has 0 spiro atoms. The van der Waals surface area contributed by atoms with E-state index in [1.165, 1.54) is 10.5 Å². The minimum atomic E-state index is 0.287. The summed E-state index contributed by atoms with van der Waals surface area (Å²) in [4.78, 5) is 1.32. The number of fused-ring (bicyclic) bond motifs is 2. The standard InChI is InChI=1S/C15H10N4S/c16-9-10-5-6-19-14(7-10)17-18-15(19)13-8-11-3-1-2-4-12(11)20-13/h1-7,13H,8H2. The smallest absolute Gasteiger partial charge is 0.162 e. The highest BCUT2D eigenvalue weighted by atomic mass is 32.2. The van der Waals surface area contributed by atoms with E-state index in [1.54, 1.807) is 12.1 Å². The van der Waals surface area contributed by atoms with Crippen LogP contribution in [0.3, 0.4) is 0 Å². The van der Waals surface area contributed by atoms with Crippen molar-refractivity contribution < 1.29 is 0 Å². The van der Waals surface area contributed by atoms with Crippen molar-refractivity contribution in [1.29, 1.82) is 5.26 Å². The maximum atomic E-state index is 8.92. The highest BCUT2D eigenvalue weighted by molar-refractivity contribution is 7.99. The Labute approximate surface area is 120 Å². The summed E-state index contributed by atoms with van der Waals surface area (Å²) in [7, 11) is 0. The minimum absolute atomic E-state index is 0.287. The number of thioether (sulfide) groups is 1. The average molecular weight is 278 g/mol. The van der Waals surface area contributed by atoms with E-state index in [0.717, 1.165) is 17.9 Å². The molecule has 1 unspecified atom stereocenters. The fraction of sp³-hybridized carbons (Fsp3) is 0.133. The van der Waals surface area contributed by atoms with Crippen LogP contribution in [0, 0.1) is 11.3 Å². The number of nitriles is 1. The van der Waals surface area contributed by atoms with Crippen LogP contribution in [0.2, 0.25) is 0 Å². The molecule has 3 aromatic rings. The first-order valence-corrected chi connectivity index (χ1v) is 7.22. The van der Waals surface area contributed by atoms with Gasteiger partial charge >= 0.3 is 0 Å². The predicted molar refractivity (Wildman–Crippen MR) is 76.4 cm³/mol. The molecule has 20 heavy (non-hydrogen) atoms. The van der Waals surface area contributed by atoms with Gasteiger partial charge in [0.1, 0.15) is 0 Å². The molecule has 5 heteroatoms. The van der Waals surface area contributed by atoms with Crippen molar-refractivity contribution in [2.45, 2.75) is 16.6 Å². The molecule has 0 saturated carbocycles. The predicted octanol–water partition coefficient (Wildman–Crippen LogP) is 2.99. The van der Waals surface area contributed by atoms with Crippen LogP contribution in [0.4, 0.5) is 0 Å². The second kappa shape index (κ2) is 4.36. The molecule has 0 bridgehead atoms. The van der Waals surface area contributed by atoms with E-state index < -0.39 is 0 Å². The summed E-state index contributed by atoms with van der Waals surface area (Å²) in [6, 6.07) is 14.1. The lowest BCUT2D eigenvalue weighted by Gasteiger charge is -2.06. The van der Waals surface area contributed by atoms with E-state index in [-0.39, 0.29) is 5.25 Å². The Morgan fingerprint density at radius 1 is 1.25 bits per heavy atom. The Morgan fingerprint density at radius 3 is 3.00 bits per heavy atom. The summed E-state index contributed by atoms with van der Waals surface area (Å²) >= 11 is 1.83. The van der Waals surface area contributed by atoms with Gasteiger partial charge in [-0.05, 0) is 24.1 Å². The van der Waals surface area contributed by atoms with Crippen LogP contribution in [0.15, 0.2) is 47.5 Å². The van der Waals surface area contributed by atoms with E-state index in [2.05, 4.69) is 40.5 Å². The maximum absolute atomic E-state index is 8.92. The zero-order chi connectivity index (χ0) is 13.5. The van der Waals surface area contributed by atoms with Gasteiger partial charge in [0, 0.05) is 17.2 Å². The van der Waals surface area contributed by atoms with Crippen LogP contribution in [-0.2, 0) is 6.42 Å². The maximum Gasteiger partial charge on any atom is 0.162 e. The molecular formula is C15H10N4S. The van der Waals surface area contributed by atoms with Crippen LogP contribution in [0.1, 0.15) is 22.2 Å². The van der Waals surface area contributed by atoms with Gasteiger partial charge in [-0.25, -0.2) is 0 Å². The highest BCUT2D eigenvalue weighted by Crippen LogP contribution is 2.45. The number of benzene rings is 1. The third-order valence-electron chi connectivity index (χ3n) is 3.50. The molecule has 1 aromatic carbocycles. The molecule has 1 aliphatic rings. The number of aromatic nitrogens is 3. The van der Waals surface area contributed by atoms with Gasteiger partial charge in [-0.2, -0.15) is 5.26 Å². The van der Waals surface area contributed by atoms with Crippen molar-refractivity contribution in [3.05, 3.63) is 59.5 Å². The van der Waals surface area contributed by atoms with Gasteiger partial charge in [-0.1, -0.05) is 18.2 Å². The van der Waals surface area contributed by atoms with E-state index in [0.29, 0.717) is 5.56 Å². The fourth-order valence-electron chi connectivity index (χ4n) is 2.52. The van der Waals surface area contributed by atoms with Gasteiger partial charge in [0.15, 0.2) is 11.5 Å². The SMILES string of the molecule is N#Cc1ccn2c(C3Cc4ccccc4S3)nnc2c1. The lowest BCUT2D eigenvalue weighted by Crippen LogP contribution is -2.00. The molecule has 0 radical (unpaired) electrons. The molecule has 2 aromatic heterocycles. The summed E-state index contributed by atoms with van der Waals surface area (Å²) in [5.41, 5.74) is 2.71. The highest BCUT2D eigenvalue weighted by Gasteiger charge is 2.27. The monoisotopic (exact) mass is 278 g/mol. The van der Waals surface area contributed by atoms with Crippen LogP contribution in [0.25, 0.3) is 5.65 Å². The molecule has 0 aliphatic carbocycles. The summed E-state index contributed by atoms with van der Waals surface area (Å²) in [5, 5.41) is 17.7. The van der Waals surface area contributed by atoms with Gasteiger partial charge < -0.3 is 0 Å². The second-order valence-electron chi connectivity index (χ2n) is 4.73. The first kappa shape index (κ1) is 11.5. The molecular weight excluding hydrogens is 268 g/mol. The van der Waals surface area contributed by atoms with Crippen molar-refractivity contribution in [3.63, 3.8) is 0 Å². The topological polar surface area (TPSA) is 54.0 Å². The van der Waals surface area contributed by atoms with Crippen LogP contribution in [0.5, 0.6) is 0 Å². The van der Waals surface area contributed by atoms with Crippen molar-refractivity contribution in [1.82, 2.24) is 14.6 Å². The fourth-order valence-corrected chi connectivity index (χ4v) is 3.82. The number of hydrogen-bond acceptors (Lipinski definition) is 4. The summed E-state index contributed by atoms with van der Waals surface area (Å²) in [6.45, 7) is 0. The number of rotatable bonds is 1. The van der Waals surface area contributed by atoms with Gasteiger partial charge in [-0.3, -0.25) is 4.40 Å². The lowest BCUT2D eigenvalue weighted by atomic mass is 10.1. The molecule has 0 amide bonds. The Bertz CT molecular complexity index is 821. The van der Waals surface area contributed by atoms with E-state index in [1.807, 2.05) is 22.4 Å². The van der Waals surface area contributed by atoms with Crippen molar-refractivity contribution in [3.8, 4) is 6.07 Å². The lowest BCUT2D eigenvalue weighted by molar-refractivity contribution is 0.831. The normalized spacial score (nSPS) is 17.1. The average Bonchev–Trinajstić information content (AvgIpc) is 3.09. The van der Waals surface area contributed by atoms with Gasteiger partial charge in [0.2, 0.25) is 0 Å². The first-order valence-electron chi connectivity index (χ1n) is 6.34. The van der Waals surface area contributed by atoms with E-state index in [9.17, 15) is 0 Å². The van der Waals surface area contributed by atoms with Crippen LogP contribution < -0.4 is 0 Å². The van der Waals surface area contributed by atoms with Crippen molar-refractivity contribution >= 4 is 17.4 Å². The quantitative estimate of drug-likeness (QED) is 0.686. The molecule has 4 nitrogen and oxygen atoms in total. The largest absolute Gasteiger partial charge is 0.285 e. The molecule has 1 atom stereocenters. The molecule has 0 fully saturated rings. The minimum Gasteiger partial charge on any atom is -0.285 e. The molecule has 96 valence electrons. The molecule has 0 saturated heterocycles. The van der Waals surface area contributed by atoms with E-state index in [4.69, 9.17) is 5.26 Å². The van der Waals surface area contributed by atoms with Crippen molar-refractivity contribution in [2.75, 3.05) is 0 Å². The second-order valence-corrected chi connectivity index (χ2v) is 5.98. The third-order valence-corrected chi connectivity index (χ3v) is 4.81. The summed E-state index contributed by atoms with van der Waals surface area (Å²) in [5.74, 6) is 0.950. The Morgan fingerprint density at radius 2 is 2.15 bits per heavy atom. The number of hydrogen-bond donors (Lipinski definition) is 0. The van der Waals surface area contributed by atoms with Crippen molar-refractivity contribution in [2.24, 2.45) is 0 Å². The Balaban J connectivity index is 1.76.